The Morgan fingerprint density at radius 1 is 1.58 bits per heavy atom. The highest BCUT2D eigenvalue weighted by atomic mass is 19.1. The fourth-order valence-corrected chi connectivity index (χ4v) is 0.909. The van der Waals surface area contributed by atoms with Crippen molar-refractivity contribution in [3.63, 3.8) is 0 Å². The SMILES string of the molecule is Cc1ccc(F)c(NCC#N)c1. The number of hydrogen-bond donors (Lipinski definition) is 1. The molecule has 0 spiro atoms. The van der Waals surface area contributed by atoms with E-state index in [0.29, 0.717) is 5.69 Å². The van der Waals surface area contributed by atoms with Crippen LogP contribution in [0.2, 0.25) is 0 Å². The molecule has 0 bridgehead atoms. The summed E-state index contributed by atoms with van der Waals surface area (Å²) in [5.41, 5.74) is 1.35. The van der Waals surface area contributed by atoms with Gasteiger partial charge in [-0.15, -0.1) is 0 Å². The molecule has 0 heterocycles. The van der Waals surface area contributed by atoms with Crippen LogP contribution in [0.4, 0.5) is 10.1 Å². The molecule has 1 rings (SSSR count). The lowest BCUT2D eigenvalue weighted by molar-refractivity contribution is 0.630. The first-order valence-electron chi connectivity index (χ1n) is 3.61. The number of aryl methyl sites for hydroxylation is 1. The predicted octanol–water partition coefficient (Wildman–Crippen LogP) is 2.07. The molecule has 0 atom stereocenters. The van der Waals surface area contributed by atoms with E-state index in [0.717, 1.165) is 5.56 Å². The minimum absolute atomic E-state index is 0.125. The number of nitrogens with zero attached hydrogens (tertiary/aromatic N) is 1. The second-order valence-electron chi connectivity index (χ2n) is 2.49. The third-order valence-electron chi connectivity index (χ3n) is 1.48. The van der Waals surface area contributed by atoms with E-state index in [1.807, 2.05) is 13.0 Å². The number of halogens is 1. The highest BCUT2D eigenvalue weighted by Crippen LogP contribution is 2.14. The molecule has 0 aliphatic rings. The van der Waals surface area contributed by atoms with Gasteiger partial charge in [-0.1, -0.05) is 6.07 Å². The number of hydrogen-bond acceptors (Lipinski definition) is 2. The van der Waals surface area contributed by atoms with E-state index in [9.17, 15) is 4.39 Å². The molecule has 0 aliphatic carbocycles. The van der Waals surface area contributed by atoms with Gasteiger partial charge in [-0.25, -0.2) is 4.39 Å². The minimum atomic E-state index is -0.323. The zero-order valence-electron chi connectivity index (χ0n) is 6.76. The third kappa shape index (κ3) is 1.96. The molecule has 12 heavy (non-hydrogen) atoms. The highest BCUT2D eigenvalue weighted by molar-refractivity contribution is 5.47. The summed E-state index contributed by atoms with van der Waals surface area (Å²) in [6, 6.07) is 6.63. The Morgan fingerprint density at radius 2 is 2.33 bits per heavy atom. The van der Waals surface area contributed by atoms with Crippen LogP contribution >= 0.6 is 0 Å². The van der Waals surface area contributed by atoms with E-state index in [2.05, 4.69) is 5.32 Å². The maximum absolute atomic E-state index is 12.9. The van der Waals surface area contributed by atoms with Gasteiger partial charge >= 0.3 is 0 Å². The van der Waals surface area contributed by atoms with Crippen LogP contribution in [-0.2, 0) is 0 Å². The predicted molar refractivity (Wildman–Crippen MR) is 45.2 cm³/mol. The summed E-state index contributed by atoms with van der Waals surface area (Å²) in [5, 5.41) is 10.9. The third-order valence-corrected chi connectivity index (χ3v) is 1.48. The smallest absolute Gasteiger partial charge is 0.146 e. The van der Waals surface area contributed by atoms with Crippen LogP contribution < -0.4 is 5.32 Å². The van der Waals surface area contributed by atoms with Crippen molar-refractivity contribution >= 4 is 5.69 Å². The van der Waals surface area contributed by atoms with Crippen molar-refractivity contribution in [3.8, 4) is 6.07 Å². The van der Waals surface area contributed by atoms with Crippen LogP contribution in [0, 0.1) is 24.1 Å². The van der Waals surface area contributed by atoms with Crippen LogP contribution in [0.3, 0.4) is 0 Å². The Labute approximate surface area is 70.6 Å². The van der Waals surface area contributed by atoms with Crippen molar-refractivity contribution in [2.45, 2.75) is 6.92 Å². The van der Waals surface area contributed by atoms with E-state index in [1.165, 1.54) is 6.07 Å². The Hall–Kier alpha value is -1.56. The monoisotopic (exact) mass is 164 g/mol. The fourth-order valence-electron chi connectivity index (χ4n) is 0.909. The van der Waals surface area contributed by atoms with Gasteiger partial charge in [0.05, 0.1) is 11.8 Å². The van der Waals surface area contributed by atoms with Crippen molar-refractivity contribution < 1.29 is 4.39 Å². The van der Waals surface area contributed by atoms with E-state index < -0.39 is 0 Å². The lowest BCUT2D eigenvalue weighted by Crippen LogP contribution is -2.00. The molecule has 0 fully saturated rings. The maximum atomic E-state index is 12.9. The van der Waals surface area contributed by atoms with Gasteiger partial charge in [-0.3, -0.25) is 0 Å². The lowest BCUT2D eigenvalue weighted by Gasteiger charge is -2.03. The molecular formula is C9H9FN2. The summed E-state index contributed by atoms with van der Waals surface area (Å²) in [7, 11) is 0. The molecule has 0 radical (unpaired) electrons. The van der Waals surface area contributed by atoms with Gasteiger partial charge in [0, 0.05) is 0 Å². The van der Waals surface area contributed by atoms with Crippen molar-refractivity contribution in [1.29, 1.82) is 5.26 Å². The lowest BCUT2D eigenvalue weighted by atomic mass is 10.2. The number of nitrogens with one attached hydrogen (secondary N) is 1. The molecule has 0 amide bonds. The molecule has 1 aromatic rings. The molecule has 1 N–H and O–H groups in total. The molecule has 0 saturated carbocycles. The summed E-state index contributed by atoms with van der Waals surface area (Å²) in [4.78, 5) is 0. The second kappa shape index (κ2) is 3.72. The number of anilines is 1. The molecule has 2 nitrogen and oxygen atoms in total. The van der Waals surface area contributed by atoms with Crippen molar-refractivity contribution in [2.75, 3.05) is 11.9 Å². The molecule has 62 valence electrons. The largest absolute Gasteiger partial charge is 0.370 e. The van der Waals surface area contributed by atoms with E-state index >= 15 is 0 Å². The Kier molecular flexibility index (Phi) is 2.65. The first kappa shape index (κ1) is 8.54. The number of rotatable bonds is 2. The van der Waals surface area contributed by atoms with Gasteiger partial charge in [-0.2, -0.15) is 5.26 Å². The van der Waals surface area contributed by atoms with Crippen LogP contribution in [0.1, 0.15) is 5.56 Å². The molecule has 0 saturated heterocycles. The van der Waals surface area contributed by atoms with Crippen molar-refractivity contribution in [3.05, 3.63) is 29.6 Å². The summed E-state index contributed by atoms with van der Waals surface area (Å²) >= 11 is 0. The van der Waals surface area contributed by atoms with Crippen molar-refractivity contribution in [2.24, 2.45) is 0 Å². The molecule has 1 aromatic carbocycles. The zero-order chi connectivity index (χ0) is 8.97. The number of benzene rings is 1. The zero-order valence-corrected chi connectivity index (χ0v) is 6.76. The maximum Gasteiger partial charge on any atom is 0.146 e. The van der Waals surface area contributed by atoms with E-state index in [-0.39, 0.29) is 12.4 Å². The minimum Gasteiger partial charge on any atom is -0.370 e. The van der Waals surface area contributed by atoms with Crippen LogP contribution in [-0.4, -0.2) is 6.54 Å². The first-order valence-corrected chi connectivity index (χ1v) is 3.61. The Morgan fingerprint density at radius 3 is 3.00 bits per heavy atom. The summed E-state index contributed by atoms with van der Waals surface area (Å²) in [6.45, 7) is 2.00. The van der Waals surface area contributed by atoms with Crippen LogP contribution in [0.25, 0.3) is 0 Å². The van der Waals surface area contributed by atoms with E-state index in [4.69, 9.17) is 5.26 Å². The molecule has 0 aromatic heterocycles. The Bertz CT molecular complexity index is 315. The molecule has 0 aliphatic heterocycles. The molecule has 0 unspecified atom stereocenters. The first-order chi connectivity index (χ1) is 5.74. The highest BCUT2D eigenvalue weighted by Gasteiger charge is 1.99. The van der Waals surface area contributed by atoms with Crippen LogP contribution in [0.5, 0.6) is 0 Å². The van der Waals surface area contributed by atoms with Gasteiger partial charge in [-0.05, 0) is 24.6 Å². The summed E-state index contributed by atoms with van der Waals surface area (Å²) < 4.78 is 12.9. The topological polar surface area (TPSA) is 35.8 Å². The molecular weight excluding hydrogens is 155 g/mol. The quantitative estimate of drug-likeness (QED) is 0.679. The van der Waals surface area contributed by atoms with Gasteiger partial charge in [0.25, 0.3) is 0 Å². The second-order valence-corrected chi connectivity index (χ2v) is 2.49. The van der Waals surface area contributed by atoms with Gasteiger partial charge in [0.1, 0.15) is 12.4 Å². The average molecular weight is 164 g/mol. The molecule has 3 heteroatoms. The van der Waals surface area contributed by atoms with Gasteiger partial charge in [0.15, 0.2) is 0 Å². The normalized spacial score (nSPS) is 9.08. The van der Waals surface area contributed by atoms with E-state index in [1.54, 1.807) is 12.1 Å². The Balaban J connectivity index is 2.84. The average Bonchev–Trinajstić information content (AvgIpc) is 2.07. The van der Waals surface area contributed by atoms with Gasteiger partial charge < -0.3 is 5.32 Å². The fraction of sp³-hybridized carbons (Fsp3) is 0.222. The van der Waals surface area contributed by atoms with Gasteiger partial charge in [0.2, 0.25) is 0 Å². The van der Waals surface area contributed by atoms with Crippen molar-refractivity contribution in [1.82, 2.24) is 0 Å². The number of nitriles is 1. The standard InChI is InChI=1S/C9H9FN2/c1-7-2-3-8(10)9(6-7)12-5-4-11/h2-3,6,12H,5H2,1H3. The summed E-state index contributed by atoms with van der Waals surface area (Å²) in [5.74, 6) is -0.323. The van der Waals surface area contributed by atoms with Crippen LogP contribution in [0.15, 0.2) is 18.2 Å². The summed E-state index contributed by atoms with van der Waals surface area (Å²) in [6.07, 6.45) is 0.